The number of rotatable bonds is 6. The summed E-state index contributed by atoms with van der Waals surface area (Å²) in [4.78, 5) is 0. The molecule has 0 aromatic rings. The summed E-state index contributed by atoms with van der Waals surface area (Å²) in [6, 6.07) is 0. The Morgan fingerprint density at radius 2 is 1.53 bits per heavy atom. The Kier molecular flexibility index (Phi) is 6.41. The molecule has 9 atom stereocenters. The molecule has 0 spiro atoms. The first kappa shape index (κ1) is 23.1. The predicted octanol–water partition coefficient (Wildman–Crippen LogP) is 6.11. The van der Waals surface area contributed by atoms with Crippen LogP contribution < -0.4 is 0 Å². The maximum Gasteiger partial charge on any atom is 0.277 e. The van der Waals surface area contributed by atoms with E-state index in [2.05, 4.69) is 20.8 Å². The summed E-state index contributed by atoms with van der Waals surface area (Å²) in [5.74, 6) is 2.39. The van der Waals surface area contributed by atoms with E-state index in [0.29, 0.717) is 23.2 Å². The van der Waals surface area contributed by atoms with Crippen LogP contribution in [0.4, 0.5) is 0 Å². The van der Waals surface area contributed by atoms with Crippen molar-refractivity contribution in [2.45, 2.75) is 117 Å². The first-order chi connectivity index (χ1) is 14.1. The Morgan fingerprint density at radius 3 is 2.27 bits per heavy atom. The average molecular weight is 421 g/mol. The Hall–Kier alpha value is -0.120. The summed E-state index contributed by atoms with van der Waals surface area (Å²) in [5.41, 5.74) is 1.15. The highest BCUT2D eigenvalue weighted by molar-refractivity contribution is 5.09. The molecule has 4 rings (SSSR count). The summed E-state index contributed by atoms with van der Waals surface area (Å²) in [5, 5.41) is 28.1. The molecule has 0 bridgehead atoms. The summed E-state index contributed by atoms with van der Waals surface area (Å²) in [6.07, 6.45) is 17.4. The van der Waals surface area contributed by atoms with Crippen molar-refractivity contribution in [3.05, 3.63) is 0 Å². The quantitative estimate of drug-likeness (QED) is 0.454. The standard InChI is InChI=1S/C27H48O3/c1-18(8-7-9-19(2)27(28,29)30)22-13-14-23-21-12-11-20-10-5-6-16-25(20,3)24(21)15-17-26(22,23)4/h18-24,28-30H,5-17H2,1-4H3/t18?,19?,20?,21-,22+,23-,24-,25-,26+/m0/s1. The third-order valence-electron chi connectivity index (χ3n) is 11.3. The number of hydrogen-bond acceptors (Lipinski definition) is 3. The highest BCUT2D eigenvalue weighted by Gasteiger charge is 2.60. The molecule has 4 aliphatic rings. The molecule has 0 heterocycles. The largest absolute Gasteiger partial charge is 0.343 e. The van der Waals surface area contributed by atoms with Crippen molar-refractivity contribution in [3.8, 4) is 0 Å². The minimum absolute atomic E-state index is 0.488. The lowest BCUT2D eigenvalue weighted by Crippen LogP contribution is -2.53. The van der Waals surface area contributed by atoms with Gasteiger partial charge >= 0.3 is 0 Å². The molecule has 4 saturated carbocycles. The molecule has 3 N–H and O–H groups in total. The van der Waals surface area contributed by atoms with Crippen molar-refractivity contribution < 1.29 is 15.3 Å². The van der Waals surface area contributed by atoms with Crippen LogP contribution in [0, 0.1) is 52.3 Å². The molecular formula is C27H48O3. The second kappa shape index (κ2) is 8.34. The van der Waals surface area contributed by atoms with Gasteiger partial charge in [-0.15, -0.1) is 0 Å². The van der Waals surface area contributed by atoms with E-state index in [0.717, 1.165) is 42.4 Å². The lowest BCUT2D eigenvalue weighted by atomic mass is 9.44. The maximum atomic E-state index is 9.38. The van der Waals surface area contributed by atoms with Gasteiger partial charge in [-0.05, 0) is 104 Å². The van der Waals surface area contributed by atoms with Gasteiger partial charge in [0.25, 0.3) is 5.97 Å². The SMILES string of the molecule is CC(CCCC(C)C(O)(O)O)[C@H]1CC[C@H]2[C@@H]3CCC4CCCC[C@]4(C)[C@H]3CC[C@]12C. The first-order valence-corrected chi connectivity index (χ1v) is 13.2. The summed E-state index contributed by atoms with van der Waals surface area (Å²) in [6.45, 7) is 9.48. The van der Waals surface area contributed by atoms with Gasteiger partial charge in [0.15, 0.2) is 0 Å². The van der Waals surface area contributed by atoms with Gasteiger partial charge < -0.3 is 15.3 Å². The monoisotopic (exact) mass is 420 g/mol. The van der Waals surface area contributed by atoms with Crippen LogP contribution in [0.15, 0.2) is 0 Å². The van der Waals surface area contributed by atoms with Crippen molar-refractivity contribution in [1.29, 1.82) is 0 Å². The molecule has 174 valence electrons. The molecule has 0 aliphatic heterocycles. The number of aliphatic hydroxyl groups is 3. The lowest BCUT2D eigenvalue weighted by Gasteiger charge is -2.61. The molecule has 3 nitrogen and oxygen atoms in total. The zero-order valence-electron chi connectivity index (χ0n) is 20.1. The molecular weight excluding hydrogens is 372 g/mol. The molecule has 3 unspecified atom stereocenters. The summed E-state index contributed by atoms with van der Waals surface area (Å²) >= 11 is 0. The fourth-order valence-electron chi connectivity index (χ4n) is 9.41. The molecule has 0 amide bonds. The summed E-state index contributed by atoms with van der Waals surface area (Å²) < 4.78 is 0. The van der Waals surface area contributed by atoms with Gasteiger partial charge in [-0.1, -0.05) is 53.4 Å². The average Bonchev–Trinajstić information content (AvgIpc) is 3.04. The van der Waals surface area contributed by atoms with Gasteiger partial charge in [-0.3, -0.25) is 0 Å². The van der Waals surface area contributed by atoms with Crippen molar-refractivity contribution >= 4 is 0 Å². The Morgan fingerprint density at radius 1 is 0.800 bits per heavy atom. The molecule has 3 heteroatoms. The number of fused-ring (bicyclic) bond motifs is 5. The molecule has 0 radical (unpaired) electrons. The molecule has 0 aromatic heterocycles. The van der Waals surface area contributed by atoms with E-state index in [9.17, 15) is 15.3 Å². The minimum Gasteiger partial charge on any atom is -0.343 e. The lowest BCUT2D eigenvalue weighted by molar-refractivity contribution is -0.340. The third kappa shape index (κ3) is 3.90. The molecule has 4 fully saturated rings. The second-order valence-electron chi connectivity index (χ2n) is 12.6. The zero-order valence-corrected chi connectivity index (χ0v) is 20.1. The first-order valence-electron chi connectivity index (χ1n) is 13.2. The van der Waals surface area contributed by atoms with Gasteiger partial charge in [0, 0.05) is 5.92 Å². The van der Waals surface area contributed by atoms with E-state index in [4.69, 9.17) is 0 Å². The fourth-order valence-corrected chi connectivity index (χ4v) is 9.41. The van der Waals surface area contributed by atoms with E-state index in [1.165, 1.54) is 64.2 Å². The smallest absolute Gasteiger partial charge is 0.277 e. The van der Waals surface area contributed by atoms with Crippen LogP contribution in [0.5, 0.6) is 0 Å². The van der Waals surface area contributed by atoms with Crippen molar-refractivity contribution in [3.63, 3.8) is 0 Å². The topological polar surface area (TPSA) is 60.7 Å². The third-order valence-corrected chi connectivity index (χ3v) is 11.3. The van der Waals surface area contributed by atoms with Crippen LogP contribution in [-0.2, 0) is 0 Å². The Bertz CT molecular complexity index is 597. The van der Waals surface area contributed by atoms with Crippen LogP contribution in [0.2, 0.25) is 0 Å². The zero-order chi connectivity index (χ0) is 21.7. The van der Waals surface area contributed by atoms with Crippen LogP contribution in [-0.4, -0.2) is 21.3 Å². The van der Waals surface area contributed by atoms with E-state index in [1.54, 1.807) is 6.92 Å². The maximum absolute atomic E-state index is 9.38. The normalized spacial score (nSPS) is 45.9. The second-order valence-corrected chi connectivity index (χ2v) is 12.6. The van der Waals surface area contributed by atoms with Crippen LogP contribution >= 0.6 is 0 Å². The fraction of sp³-hybridized carbons (Fsp3) is 1.00. The van der Waals surface area contributed by atoms with Crippen LogP contribution in [0.1, 0.15) is 111 Å². The van der Waals surface area contributed by atoms with Gasteiger partial charge in [0.1, 0.15) is 0 Å². The minimum atomic E-state index is -2.53. The highest BCUT2D eigenvalue weighted by Crippen LogP contribution is 2.68. The van der Waals surface area contributed by atoms with Crippen LogP contribution in [0.3, 0.4) is 0 Å². The van der Waals surface area contributed by atoms with Crippen molar-refractivity contribution in [2.24, 2.45) is 52.3 Å². The van der Waals surface area contributed by atoms with Gasteiger partial charge in [0.2, 0.25) is 0 Å². The van der Waals surface area contributed by atoms with E-state index in [-0.39, 0.29) is 0 Å². The summed E-state index contributed by atoms with van der Waals surface area (Å²) in [7, 11) is 0. The molecule has 0 saturated heterocycles. The van der Waals surface area contributed by atoms with Gasteiger partial charge in [-0.2, -0.15) is 0 Å². The van der Waals surface area contributed by atoms with E-state index < -0.39 is 11.9 Å². The molecule has 0 aromatic carbocycles. The van der Waals surface area contributed by atoms with E-state index >= 15 is 0 Å². The van der Waals surface area contributed by atoms with Crippen molar-refractivity contribution in [2.75, 3.05) is 0 Å². The Labute approximate surface area is 185 Å². The number of hydrogen-bond donors (Lipinski definition) is 3. The van der Waals surface area contributed by atoms with Crippen molar-refractivity contribution in [1.82, 2.24) is 0 Å². The van der Waals surface area contributed by atoms with E-state index in [1.807, 2.05) is 0 Å². The van der Waals surface area contributed by atoms with Crippen LogP contribution in [0.25, 0.3) is 0 Å². The Balaban J connectivity index is 1.40. The van der Waals surface area contributed by atoms with Gasteiger partial charge in [0.05, 0.1) is 0 Å². The highest BCUT2D eigenvalue weighted by atomic mass is 16.7. The molecule has 4 aliphatic carbocycles. The predicted molar refractivity (Wildman–Crippen MR) is 121 cm³/mol. The molecule has 30 heavy (non-hydrogen) atoms. The van der Waals surface area contributed by atoms with Gasteiger partial charge in [-0.25, -0.2) is 0 Å².